The van der Waals surface area contributed by atoms with Crippen molar-refractivity contribution in [1.29, 1.82) is 0 Å². The molecule has 0 radical (unpaired) electrons. The molecule has 0 saturated carbocycles. The standard InChI is InChI=1S/C11H12N2O/c14-11-10-6-3-7-13(10)9-5-2-1-4-8(9)12-11/h1-2,4-5,10H,3,6-7H2,(H,12,14)/t10-/m0/s1. The lowest BCUT2D eigenvalue weighted by molar-refractivity contribution is -0.117. The van der Waals surface area contributed by atoms with Gasteiger partial charge in [-0.05, 0) is 25.0 Å². The van der Waals surface area contributed by atoms with Crippen molar-refractivity contribution in [2.75, 3.05) is 16.8 Å². The maximum absolute atomic E-state index is 11.7. The molecule has 0 aromatic heterocycles. The van der Waals surface area contributed by atoms with Gasteiger partial charge in [0.25, 0.3) is 0 Å². The van der Waals surface area contributed by atoms with Gasteiger partial charge in [-0.15, -0.1) is 0 Å². The molecule has 2 aliphatic rings. The molecule has 1 amide bonds. The molecule has 1 atom stereocenters. The molecule has 1 fully saturated rings. The van der Waals surface area contributed by atoms with Crippen LogP contribution in [0.25, 0.3) is 0 Å². The molecule has 14 heavy (non-hydrogen) atoms. The number of anilines is 2. The third-order valence-electron chi connectivity index (χ3n) is 3.03. The molecule has 3 heteroatoms. The summed E-state index contributed by atoms with van der Waals surface area (Å²) in [5.41, 5.74) is 2.13. The van der Waals surface area contributed by atoms with Crippen LogP contribution in [-0.4, -0.2) is 18.5 Å². The molecule has 72 valence electrons. The second-order valence-electron chi connectivity index (χ2n) is 3.86. The highest BCUT2D eigenvalue weighted by Crippen LogP contribution is 2.35. The number of rotatable bonds is 0. The first-order valence-electron chi connectivity index (χ1n) is 5.03. The zero-order chi connectivity index (χ0) is 9.54. The Morgan fingerprint density at radius 3 is 3.14 bits per heavy atom. The van der Waals surface area contributed by atoms with Gasteiger partial charge in [0.05, 0.1) is 11.4 Å². The summed E-state index contributed by atoms with van der Waals surface area (Å²) in [6.07, 6.45) is 2.10. The number of hydrogen-bond donors (Lipinski definition) is 1. The van der Waals surface area contributed by atoms with E-state index in [2.05, 4.69) is 16.3 Å². The minimum absolute atomic E-state index is 0.0740. The number of para-hydroxylation sites is 2. The lowest BCUT2D eigenvalue weighted by Gasteiger charge is -2.32. The smallest absolute Gasteiger partial charge is 0.247 e. The zero-order valence-corrected chi connectivity index (χ0v) is 7.86. The van der Waals surface area contributed by atoms with Crippen molar-refractivity contribution in [3.63, 3.8) is 0 Å². The minimum atomic E-state index is 0.0740. The first kappa shape index (κ1) is 7.85. The van der Waals surface area contributed by atoms with Crippen LogP contribution >= 0.6 is 0 Å². The maximum atomic E-state index is 11.7. The van der Waals surface area contributed by atoms with Crippen molar-refractivity contribution in [2.45, 2.75) is 18.9 Å². The van der Waals surface area contributed by atoms with Gasteiger partial charge in [0.1, 0.15) is 6.04 Å². The number of carbonyl (C=O) groups is 1. The summed E-state index contributed by atoms with van der Waals surface area (Å²) in [6, 6.07) is 8.08. The number of fused-ring (bicyclic) bond motifs is 3. The van der Waals surface area contributed by atoms with E-state index in [1.165, 1.54) is 5.69 Å². The molecule has 2 aliphatic heterocycles. The maximum Gasteiger partial charge on any atom is 0.247 e. The first-order valence-corrected chi connectivity index (χ1v) is 5.03. The molecule has 0 bridgehead atoms. The SMILES string of the molecule is O=C1Nc2ccccc2N2CCC[C@@H]12. The van der Waals surface area contributed by atoms with E-state index in [9.17, 15) is 4.79 Å². The van der Waals surface area contributed by atoms with E-state index >= 15 is 0 Å². The monoisotopic (exact) mass is 188 g/mol. The Kier molecular flexibility index (Phi) is 1.54. The van der Waals surface area contributed by atoms with Crippen LogP contribution < -0.4 is 10.2 Å². The molecule has 1 aromatic rings. The van der Waals surface area contributed by atoms with E-state index < -0.39 is 0 Å². The van der Waals surface area contributed by atoms with Crippen molar-refractivity contribution in [1.82, 2.24) is 0 Å². The molecule has 0 aliphatic carbocycles. The predicted octanol–water partition coefficient (Wildman–Crippen LogP) is 1.61. The summed E-state index contributed by atoms with van der Waals surface area (Å²) < 4.78 is 0. The summed E-state index contributed by atoms with van der Waals surface area (Å²) in [5.74, 6) is 0.154. The molecule has 0 spiro atoms. The Balaban J connectivity index is 2.11. The quantitative estimate of drug-likeness (QED) is 0.670. The van der Waals surface area contributed by atoms with Gasteiger partial charge in [-0.3, -0.25) is 4.79 Å². The highest BCUT2D eigenvalue weighted by Gasteiger charge is 2.35. The van der Waals surface area contributed by atoms with Gasteiger partial charge in [0, 0.05) is 6.54 Å². The van der Waals surface area contributed by atoms with Crippen LogP contribution in [0.15, 0.2) is 24.3 Å². The van der Waals surface area contributed by atoms with E-state index in [0.717, 1.165) is 25.1 Å². The molecule has 0 unspecified atom stereocenters. The van der Waals surface area contributed by atoms with Crippen molar-refractivity contribution < 1.29 is 4.79 Å². The topological polar surface area (TPSA) is 32.3 Å². The third kappa shape index (κ3) is 0.953. The summed E-state index contributed by atoms with van der Waals surface area (Å²) in [4.78, 5) is 13.9. The van der Waals surface area contributed by atoms with Crippen LogP contribution in [0, 0.1) is 0 Å². The highest BCUT2D eigenvalue weighted by molar-refractivity contribution is 6.03. The second-order valence-corrected chi connectivity index (χ2v) is 3.86. The van der Waals surface area contributed by atoms with E-state index in [-0.39, 0.29) is 11.9 Å². The second kappa shape index (κ2) is 2.74. The molecule has 1 N–H and O–H groups in total. The van der Waals surface area contributed by atoms with Crippen LogP contribution in [0.4, 0.5) is 11.4 Å². The molecule has 2 heterocycles. The number of nitrogens with zero attached hydrogens (tertiary/aromatic N) is 1. The normalized spacial score (nSPS) is 24.1. The fourth-order valence-electron chi connectivity index (χ4n) is 2.37. The molecule has 3 nitrogen and oxygen atoms in total. The molecule has 3 rings (SSSR count). The number of amides is 1. The van der Waals surface area contributed by atoms with Gasteiger partial charge in [-0.1, -0.05) is 12.1 Å². The van der Waals surface area contributed by atoms with E-state index in [1.54, 1.807) is 0 Å². The number of benzene rings is 1. The average Bonchev–Trinajstić information content (AvgIpc) is 2.67. The van der Waals surface area contributed by atoms with Crippen molar-refractivity contribution in [2.24, 2.45) is 0 Å². The molecule has 1 aromatic carbocycles. The van der Waals surface area contributed by atoms with Crippen molar-refractivity contribution >= 4 is 17.3 Å². The average molecular weight is 188 g/mol. The molecular formula is C11H12N2O. The van der Waals surface area contributed by atoms with Crippen molar-refractivity contribution in [3.8, 4) is 0 Å². The fourth-order valence-corrected chi connectivity index (χ4v) is 2.37. The summed E-state index contributed by atoms with van der Waals surface area (Å²) >= 11 is 0. The summed E-state index contributed by atoms with van der Waals surface area (Å²) in [5, 5.41) is 2.95. The number of nitrogens with one attached hydrogen (secondary N) is 1. The van der Waals surface area contributed by atoms with Crippen LogP contribution in [0.5, 0.6) is 0 Å². The van der Waals surface area contributed by atoms with Gasteiger partial charge in [-0.25, -0.2) is 0 Å². The summed E-state index contributed by atoms with van der Waals surface area (Å²) in [7, 11) is 0. The Labute approximate surface area is 82.7 Å². The van der Waals surface area contributed by atoms with Gasteiger partial charge in [0.2, 0.25) is 5.91 Å². The van der Waals surface area contributed by atoms with E-state index in [0.29, 0.717) is 0 Å². The van der Waals surface area contributed by atoms with Gasteiger partial charge < -0.3 is 10.2 Å². The molecule has 1 saturated heterocycles. The van der Waals surface area contributed by atoms with Crippen LogP contribution in [0.3, 0.4) is 0 Å². The minimum Gasteiger partial charge on any atom is -0.358 e. The summed E-state index contributed by atoms with van der Waals surface area (Å²) in [6.45, 7) is 1.01. The van der Waals surface area contributed by atoms with E-state index in [4.69, 9.17) is 0 Å². The van der Waals surface area contributed by atoms with Crippen molar-refractivity contribution in [3.05, 3.63) is 24.3 Å². The third-order valence-corrected chi connectivity index (χ3v) is 3.03. The van der Waals surface area contributed by atoms with Crippen LogP contribution in [-0.2, 0) is 4.79 Å². The van der Waals surface area contributed by atoms with Gasteiger partial charge in [0.15, 0.2) is 0 Å². The Morgan fingerprint density at radius 1 is 1.36 bits per heavy atom. The highest BCUT2D eigenvalue weighted by atomic mass is 16.2. The largest absolute Gasteiger partial charge is 0.358 e. The number of carbonyl (C=O) groups excluding carboxylic acids is 1. The predicted molar refractivity (Wildman–Crippen MR) is 55.4 cm³/mol. The Hall–Kier alpha value is -1.51. The lowest BCUT2D eigenvalue weighted by atomic mass is 10.1. The van der Waals surface area contributed by atoms with Crippen LogP contribution in [0.1, 0.15) is 12.8 Å². The van der Waals surface area contributed by atoms with E-state index in [1.807, 2.05) is 18.2 Å². The number of hydrogen-bond acceptors (Lipinski definition) is 2. The van der Waals surface area contributed by atoms with Crippen LogP contribution in [0.2, 0.25) is 0 Å². The van der Waals surface area contributed by atoms with Gasteiger partial charge >= 0.3 is 0 Å². The Morgan fingerprint density at radius 2 is 2.21 bits per heavy atom. The zero-order valence-electron chi connectivity index (χ0n) is 7.86. The van der Waals surface area contributed by atoms with Gasteiger partial charge in [-0.2, -0.15) is 0 Å². The Bertz CT molecular complexity index is 389. The first-order chi connectivity index (χ1) is 6.86. The fraction of sp³-hybridized carbons (Fsp3) is 0.364. The lowest BCUT2D eigenvalue weighted by Crippen LogP contribution is -2.43. The molecular weight excluding hydrogens is 176 g/mol.